The van der Waals surface area contributed by atoms with E-state index >= 15 is 0 Å². The second kappa shape index (κ2) is 7.49. The number of hydrogen-bond donors (Lipinski definition) is 0. The molecule has 0 unspecified atom stereocenters. The van der Waals surface area contributed by atoms with Crippen LogP contribution < -0.4 is 4.74 Å². The highest BCUT2D eigenvalue weighted by Crippen LogP contribution is 2.18. The van der Waals surface area contributed by atoms with Crippen LogP contribution in [0.3, 0.4) is 0 Å². The Morgan fingerprint density at radius 1 is 1.00 bits per heavy atom. The smallest absolute Gasteiger partial charge is 0.228 e. The Morgan fingerprint density at radius 2 is 1.57 bits per heavy atom. The van der Waals surface area contributed by atoms with Gasteiger partial charge in [0.2, 0.25) is 11.8 Å². The number of piperazine rings is 1. The molecule has 2 amide bonds. The topological polar surface area (TPSA) is 49.9 Å². The third kappa shape index (κ3) is 4.98. The zero-order valence-electron chi connectivity index (χ0n) is 14.2. The van der Waals surface area contributed by atoms with Crippen LogP contribution in [0.15, 0.2) is 30.3 Å². The van der Waals surface area contributed by atoms with Gasteiger partial charge in [0.05, 0.1) is 13.0 Å². The zero-order chi connectivity index (χ0) is 16.9. The van der Waals surface area contributed by atoms with E-state index in [2.05, 4.69) is 0 Å². The molecule has 1 saturated heterocycles. The van der Waals surface area contributed by atoms with Crippen LogP contribution in [0.25, 0.3) is 0 Å². The van der Waals surface area contributed by atoms with Crippen LogP contribution in [0.4, 0.5) is 0 Å². The summed E-state index contributed by atoms with van der Waals surface area (Å²) >= 11 is 0. The van der Waals surface area contributed by atoms with E-state index in [9.17, 15) is 9.59 Å². The van der Waals surface area contributed by atoms with Gasteiger partial charge in [0.25, 0.3) is 0 Å². The lowest BCUT2D eigenvalue weighted by molar-refractivity contribution is -0.145. The van der Waals surface area contributed by atoms with Gasteiger partial charge < -0.3 is 14.5 Å². The van der Waals surface area contributed by atoms with Crippen molar-refractivity contribution in [1.29, 1.82) is 0 Å². The van der Waals surface area contributed by atoms with E-state index in [4.69, 9.17) is 4.74 Å². The first-order valence-electron chi connectivity index (χ1n) is 8.13. The lowest BCUT2D eigenvalue weighted by atomic mass is 9.94. The van der Waals surface area contributed by atoms with Gasteiger partial charge in [0.15, 0.2) is 0 Å². The second-order valence-corrected chi connectivity index (χ2v) is 6.83. The molecule has 0 saturated carbocycles. The molecule has 1 aromatic rings. The van der Waals surface area contributed by atoms with E-state index in [-0.39, 0.29) is 17.2 Å². The van der Waals surface area contributed by atoms with Crippen LogP contribution in [0.1, 0.15) is 27.2 Å². The van der Waals surface area contributed by atoms with Crippen molar-refractivity contribution in [3.8, 4) is 5.75 Å². The van der Waals surface area contributed by atoms with Crippen molar-refractivity contribution >= 4 is 11.8 Å². The lowest BCUT2D eigenvalue weighted by Gasteiger charge is -2.37. The number of ether oxygens (including phenoxy) is 1. The molecule has 1 aliphatic heterocycles. The second-order valence-electron chi connectivity index (χ2n) is 6.83. The molecule has 0 aliphatic carbocycles. The Kier molecular flexibility index (Phi) is 5.64. The number of nitrogens with zero attached hydrogens (tertiary/aromatic N) is 2. The van der Waals surface area contributed by atoms with Crippen LogP contribution in [0.2, 0.25) is 0 Å². The minimum absolute atomic E-state index is 0.0868. The largest absolute Gasteiger partial charge is 0.493 e. The first-order chi connectivity index (χ1) is 10.9. The predicted molar refractivity (Wildman–Crippen MR) is 89.2 cm³/mol. The highest BCUT2D eigenvalue weighted by Gasteiger charge is 2.30. The fourth-order valence-corrected chi connectivity index (χ4v) is 2.56. The van der Waals surface area contributed by atoms with Crippen LogP contribution in [-0.4, -0.2) is 54.4 Å². The van der Waals surface area contributed by atoms with Crippen molar-refractivity contribution in [1.82, 2.24) is 9.80 Å². The van der Waals surface area contributed by atoms with Gasteiger partial charge in [-0.15, -0.1) is 0 Å². The van der Waals surface area contributed by atoms with Gasteiger partial charge in [-0.2, -0.15) is 0 Å². The van der Waals surface area contributed by atoms with Crippen LogP contribution in [0.5, 0.6) is 5.75 Å². The lowest BCUT2D eigenvalue weighted by Crippen LogP contribution is -2.53. The first kappa shape index (κ1) is 17.3. The Labute approximate surface area is 138 Å². The first-order valence-corrected chi connectivity index (χ1v) is 8.13. The zero-order valence-corrected chi connectivity index (χ0v) is 14.2. The SMILES string of the molecule is CC(C)(C)C(=O)N1CCN(C(=O)CCOc2ccccc2)CC1. The molecule has 126 valence electrons. The van der Waals surface area contributed by atoms with E-state index in [1.807, 2.05) is 60.9 Å². The van der Waals surface area contributed by atoms with Crippen LogP contribution >= 0.6 is 0 Å². The Morgan fingerprint density at radius 3 is 2.13 bits per heavy atom. The molecule has 2 rings (SSSR count). The summed E-state index contributed by atoms with van der Waals surface area (Å²) in [4.78, 5) is 28.1. The van der Waals surface area contributed by atoms with Crippen molar-refractivity contribution in [3.63, 3.8) is 0 Å². The van der Waals surface area contributed by atoms with Crippen molar-refractivity contribution in [3.05, 3.63) is 30.3 Å². The summed E-state index contributed by atoms with van der Waals surface area (Å²) in [6.07, 6.45) is 0.363. The van der Waals surface area contributed by atoms with E-state index in [1.165, 1.54) is 0 Å². The van der Waals surface area contributed by atoms with Crippen molar-refractivity contribution in [2.24, 2.45) is 5.41 Å². The predicted octanol–water partition coefficient (Wildman–Crippen LogP) is 2.17. The summed E-state index contributed by atoms with van der Waals surface area (Å²) in [6.45, 7) is 8.58. The fraction of sp³-hybridized carbons (Fsp3) is 0.556. The third-order valence-corrected chi connectivity index (χ3v) is 3.89. The molecule has 1 fully saturated rings. The normalized spacial score (nSPS) is 15.4. The minimum atomic E-state index is -0.365. The maximum absolute atomic E-state index is 12.2. The number of carbonyl (C=O) groups is 2. The average Bonchev–Trinajstić information content (AvgIpc) is 2.54. The molecule has 0 aromatic heterocycles. The van der Waals surface area contributed by atoms with Crippen molar-refractivity contribution in [2.75, 3.05) is 32.8 Å². The number of carbonyl (C=O) groups excluding carboxylic acids is 2. The van der Waals surface area contributed by atoms with Crippen LogP contribution in [0, 0.1) is 5.41 Å². The molecule has 1 aromatic carbocycles. The van der Waals surface area contributed by atoms with Gasteiger partial charge in [0, 0.05) is 31.6 Å². The van der Waals surface area contributed by atoms with Gasteiger partial charge in [-0.1, -0.05) is 39.0 Å². The fourth-order valence-electron chi connectivity index (χ4n) is 2.56. The Balaban J connectivity index is 1.72. The number of benzene rings is 1. The Hall–Kier alpha value is -2.04. The van der Waals surface area contributed by atoms with E-state index in [0.29, 0.717) is 39.2 Å². The van der Waals surface area contributed by atoms with Gasteiger partial charge in [0.1, 0.15) is 5.75 Å². The summed E-state index contributed by atoms with van der Waals surface area (Å²) < 4.78 is 5.56. The summed E-state index contributed by atoms with van der Waals surface area (Å²) in [5, 5.41) is 0. The molecule has 0 spiro atoms. The van der Waals surface area contributed by atoms with Gasteiger partial charge in [-0.05, 0) is 12.1 Å². The highest BCUT2D eigenvalue weighted by atomic mass is 16.5. The number of hydrogen-bond acceptors (Lipinski definition) is 3. The van der Waals surface area contributed by atoms with Crippen molar-refractivity contribution in [2.45, 2.75) is 27.2 Å². The monoisotopic (exact) mass is 318 g/mol. The standard InChI is InChI=1S/C18H26N2O3/c1-18(2,3)17(22)20-12-10-19(11-13-20)16(21)9-14-23-15-7-5-4-6-8-15/h4-8H,9-14H2,1-3H3. The third-order valence-electron chi connectivity index (χ3n) is 3.89. The van der Waals surface area contributed by atoms with E-state index in [1.54, 1.807) is 0 Å². The van der Waals surface area contributed by atoms with E-state index in [0.717, 1.165) is 5.75 Å². The van der Waals surface area contributed by atoms with Gasteiger partial charge >= 0.3 is 0 Å². The summed E-state index contributed by atoms with van der Waals surface area (Å²) in [6, 6.07) is 9.49. The van der Waals surface area contributed by atoms with Gasteiger partial charge in [-0.3, -0.25) is 9.59 Å². The number of rotatable bonds is 4. The number of amides is 2. The summed E-state index contributed by atoms with van der Waals surface area (Å²) in [5.41, 5.74) is -0.365. The molecule has 23 heavy (non-hydrogen) atoms. The molecule has 0 N–H and O–H groups in total. The molecule has 0 bridgehead atoms. The maximum atomic E-state index is 12.2. The molecule has 5 heteroatoms. The van der Waals surface area contributed by atoms with E-state index < -0.39 is 0 Å². The van der Waals surface area contributed by atoms with Gasteiger partial charge in [-0.25, -0.2) is 0 Å². The molecule has 5 nitrogen and oxygen atoms in total. The molecule has 1 aliphatic rings. The number of para-hydroxylation sites is 1. The summed E-state index contributed by atoms with van der Waals surface area (Å²) in [5.74, 6) is 1.02. The highest BCUT2D eigenvalue weighted by molar-refractivity contribution is 5.82. The van der Waals surface area contributed by atoms with Crippen LogP contribution in [-0.2, 0) is 9.59 Å². The molecular formula is C18H26N2O3. The molecular weight excluding hydrogens is 292 g/mol. The van der Waals surface area contributed by atoms with Crippen molar-refractivity contribution < 1.29 is 14.3 Å². The minimum Gasteiger partial charge on any atom is -0.493 e. The molecule has 0 atom stereocenters. The summed E-state index contributed by atoms with van der Waals surface area (Å²) in [7, 11) is 0. The Bertz CT molecular complexity index is 529. The quantitative estimate of drug-likeness (QED) is 0.855. The molecule has 0 radical (unpaired) electrons. The maximum Gasteiger partial charge on any atom is 0.228 e. The average molecular weight is 318 g/mol. The molecule has 1 heterocycles.